The Hall–Kier alpha value is -2.13. The van der Waals surface area contributed by atoms with Crippen molar-refractivity contribution in [1.82, 2.24) is 24.9 Å². The highest BCUT2D eigenvalue weighted by Gasteiger charge is 2.33. The number of aromatic nitrogens is 2. The molecule has 24 heavy (non-hydrogen) atoms. The molecule has 3 saturated heterocycles. The molecule has 9 heteroatoms. The summed E-state index contributed by atoms with van der Waals surface area (Å²) in [7, 11) is 1.82. The number of likely N-dealkylation sites (N-methyl/N-ethyl adjacent to an activating group) is 1. The fourth-order valence-corrected chi connectivity index (χ4v) is 3.40. The lowest BCUT2D eigenvalue weighted by atomic mass is 10.1. The van der Waals surface area contributed by atoms with Crippen molar-refractivity contribution in [3.63, 3.8) is 0 Å². The maximum absolute atomic E-state index is 11.7. The number of amides is 3. The summed E-state index contributed by atoms with van der Waals surface area (Å²) in [4.78, 5) is 28.9. The molecule has 1 aromatic rings. The highest BCUT2D eigenvalue weighted by atomic mass is 16.5. The number of nitrogens with one attached hydrogen (secondary N) is 1. The van der Waals surface area contributed by atoms with Gasteiger partial charge in [0.15, 0.2) is 0 Å². The van der Waals surface area contributed by atoms with Crippen LogP contribution >= 0.6 is 0 Å². The van der Waals surface area contributed by atoms with Gasteiger partial charge in [-0.1, -0.05) is 0 Å². The Bertz CT molecular complexity index is 641. The zero-order valence-electron chi connectivity index (χ0n) is 13.7. The second kappa shape index (κ2) is 6.06. The molecule has 9 nitrogen and oxygen atoms in total. The number of likely N-dealkylation sites (tertiary alicyclic amines) is 1. The zero-order chi connectivity index (χ0) is 16.7. The molecule has 0 saturated carbocycles. The van der Waals surface area contributed by atoms with E-state index in [-0.39, 0.29) is 24.6 Å². The summed E-state index contributed by atoms with van der Waals surface area (Å²) in [6, 6.07) is 0.269. The average Bonchev–Trinajstić information content (AvgIpc) is 3.14. The van der Waals surface area contributed by atoms with E-state index in [0.29, 0.717) is 25.7 Å². The van der Waals surface area contributed by atoms with Gasteiger partial charge in [-0.2, -0.15) is 5.10 Å². The van der Waals surface area contributed by atoms with Gasteiger partial charge in [0, 0.05) is 52.5 Å². The lowest BCUT2D eigenvalue weighted by Crippen LogP contribution is -2.55. The van der Waals surface area contributed by atoms with Crippen LogP contribution in [0.3, 0.4) is 0 Å². The molecule has 4 heterocycles. The molecule has 3 aliphatic heterocycles. The smallest absolute Gasteiger partial charge is 0.322 e. The molecule has 0 spiro atoms. The van der Waals surface area contributed by atoms with Crippen LogP contribution in [0.4, 0.5) is 10.5 Å². The van der Waals surface area contributed by atoms with Crippen molar-refractivity contribution in [2.24, 2.45) is 0 Å². The summed E-state index contributed by atoms with van der Waals surface area (Å²) in [5.74, 6) is 0.0442. The lowest BCUT2D eigenvalue weighted by molar-refractivity contribution is -0.148. The number of urea groups is 1. The summed E-state index contributed by atoms with van der Waals surface area (Å²) in [6.07, 6.45) is 3.77. The Kier molecular flexibility index (Phi) is 3.89. The molecule has 4 rings (SSSR count). The van der Waals surface area contributed by atoms with Crippen molar-refractivity contribution < 1.29 is 14.3 Å². The van der Waals surface area contributed by atoms with Crippen molar-refractivity contribution in [3.05, 3.63) is 12.4 Å². The number of anilines is 1. The van der Waals surface area contributed by atoms with Crippen LogP contribution in [-0.4, -0.2) is 90.5 Å². The number of hydrogen-bond acceptors (Lipinski definition) is 5. The van der Waals surface area contributed by atoms with Crippen LogP contribution in [0, 0.1) is 0 Å². The number of ether oxygens (including phenoxy) is 1. The highest BCUT2D eigenvalue weighted by Crippen LogP contribution is 2.24. The van der Waals surface area contributed by atoms with Crippen molar-refractivity contribution in [2.45, 2.75) is 12.1 Å². The average molecular weight is 334 g/mol. The molecule has 3 aliphatic rings. The zero-order valence-corrected chi connectivity index (χ0v) is 13.7. The number of rotatable bonds is 4. The van der Waals surface area contributed by atoms with E-state index in [1.807, 2.05) is 17.9 Å². The summed E-state index contributed by atoms with van der Waals surface area (Å²) in [6.45, 7) is 4.84. The Balaban J connectivity index is 1.28. The molecule has 1 unspecified atom stereocenters. The van der Waals surface area contributed by atoms with Crippen LogP contribution in [-0.2, 0) is 9.53 Å². The van der Waals surface area contributed by atoms with Gasteiger partial charge in [-0.15, -0.1) is 0 Å². The fourth-order valence-electron chi connectivity index (χ4n) is 3.40. The molecule has 1 aromatic heterocycles. The lowest BCUT2D eigenvalue weighted by Gasteiger charge is -2.42. The standard InChI is InChI=1S/C15H22N6O3/c1-18-8-13(24-10-14(18)22)9-19-5-12(6-19)21-7-11(4-17-21)20-3-2-16-15(20)23/h4,7,12-13H,2-3,5-6,8-10H2,1H3,(H,16,23). The Labute approximate surface area is 140 Å². The van der Waals surface area contributed by atoms with E-state index >= 15 is 0 Å². The van der Waals surface area contributed by atoms with E-state index in [9.17, 15) is 9.59 Å². The molecular formula is C15H22N6O3. The van der Waals surface area contributed by atoms with Gasteiger partial charge in [-0.3, -0.25) is 19.3 Å². The van der Waals surface area contributed by atoms with Crippen molar-refractivity contribution in [1.29, 1.82) is 0 Å². The number of carbonyl (C=O) groups is 2. The predicted molar refractivity (Wildman–Crippen MR) is 85.8 cm³/mol. The maximum atomic E-state index is 11.7. The minimum Gasteiger partial charge on any atom is -0.365 e. The van der Waals surface area contributed by atoms with Crippen molar-refractivity contribution in [2.75, 3.05) is 57.8 Å². The van der Waals surface area contributed by atoms with Crippen LogP contribution in [0.25, 0.3) is 0 Å². The quantitative estimate of drug-likeness (QED) is 0.774. The topological polar surface area (TPSA) is 82.9 Å². The molecule has 0 aromatic carbocycles. The molecule has 1 atom stereocenters. The molecule has 0 bridgehead atoms. The van der Waals surface area contributed by atoms with Crippen LogP contribution < -0.4 is 10.2 Å². The minimum absolute atomic E-state index is 0.0442. The van der Waals surface area contributed by atoms with Gasteiger partial charge in [-0.05, 0) is 0 Å². The Morgan fingerprint density at radius 2 is 2.17 bits per heavy atom. The van der Waals surface area contributed by atoms with Crippen LogP contribution in [0.5, 0.6) is 0 Å². The Morgan fingerprint density at radius 3 is 2.88 bits per heavy atom. The van der Waals surface area contributed by atoms with E-state index in [0.717, 1.165) is 25.3 Å². The van der Waals surface area contributed by atoms with Gasteiger partial charge in [-0.25, -0.2) is 4.79 Å². The minimum atomic E-state index is -0.0575. The first kappa shape index (κ1) is 15.4. The summed E-state index contributed by atoms with van der Waals surface area (Å²) in [5, 5.41) is 7.20. The summed E-state index contributed by atoms with van der Waals surface area (Å²) >= 11 is 0. The van der Waals surface area contributed by atoms with Crippen LogP contribution in [0.15, 0.2) is 12.4 Å². The van der Waals surface area contributed by atoms with Gasteiger partial charge >= 0.3 is 6.03 Å². The summed E-state index contributed by atoms with van der Waals surface area (Å²) in [5.41, 5.74) is 0.846. The fraction of sp³-hybridized carbons (Fsp3) is 0.667. The number of morpholine rings is 1. The molecule has 1 N–H and O–H groups in total. The number of nitrogens with zero attached hydrogens (tertiary/aromatic N) is 5. The number of carbonyl (C=O) groups excluding carboxylic acids is 2. The summed E-state index contributed by atoms with van der Waals surface area (Å²) < 4.78 is 7.52. The molecule has 3 amide bonds. The monoisotopic (exact) mass is 334 g/mol. The third kappa shape index (κ3) is 2.84. The molecule has 0 radical (unpaired) electrons. The SMILES string of the molecule is CN1CC(CN2CC(n3cc(N4CCNC4=O)cn3)C2)OCC1=O. The first-order valence-electron chi connectivity index (χ1n) is 8.27. The third-order valence-corrected chi connectivity index (χ3v) is 4.88. The van der Waals surface area contributed by atoms with Gasteiger partial charge in [0.2, 0.25) is 5.91 Å². The molecule has 130 valence electrons. The van der Waals surface area contributed by atoms with E-state index in [1.165, 1.54) is 0 Å². The maximum Gasteiger partial charge on any atom is 0.322 e. The van der Waals surface area contributed by atoms with Crippen LogP contribution in [0.1, 0.15) is 6.04 Å². The van der Waals surface area contributed by atoms with E-state index in [2.05, 4.69) is 15.3 Å². The molecular weight excluding hydrogens is 312 g/mol. The normalized spacial score (nSPS) is 26.0. The molecule has 3 fully saturated rings. The first-order valence-corrected chi connectivity index (χ1v) is 8.27. The first-order chi connectivity index (χ1) is 11.6. The predicted octanol–water partition coefficient (Wildman–Crippen LogP) is -0.873. The largest absolute Gasteiger partial charge is 0.365 e. The van der Waals surface area contributed by atoms with Gasteiger partial charge in [0.1, 0.15) is 6.61 Å². The second-order valence-corrected chi connectivity index (χ2v) is 6.64. The molecule has 0 aliphatic carbocycles. The van der Waals surface area contributed by atoms with Gasteiger partial charge in [0.05, 0.1) is 24.0 Å². The Morgan fingerprint density at radius 1 is 1.33 bits per heavy atom. The van der Waals surface area contributed by atoms with Crippen LogP contribution in [0.2, 0.25) is 0 Å². The van der Waals surface area contributed by atoms with Crippen molar-refractivity contribution in [3.8, 4) is 0 Å². The van der Waals surface area contributed by atoms with Gasteiger partial charge in [0.25, 0.3) is 0 Å². The van der Waals surface area contributed by atoms with Crippen molar-refractivity contribution >= 4 is 17.6 Å². The second-order valence-electron chi connectivity index (χ2n) is 6.64. The van der Waals surface area contributed by atoms with E-state index in [4.69, 9.17) is 4.74 Å². The van der Waals surface area contributed by atoms with E-state index < -0.39 is 0 Å². The van der Waals surface area contributed by atoms with E-state index in [1.54, 1.807) is 16.0 Å². The van der Waals surface area contributed by atoms with Gasteiger partial charge < -0.3 is 15.0 Å². The number of hydrogen-bond donors (Lipinski definition) is 1. The highest BCUT2D eigenvalue weighted by molar-refractivity contribution is 5.93. The third-order valence-electron chi connectivity index (χ3n) is 4.88.